The Bertz CT molecular complexity index is 600. The van der Waals surface area contributed by atoms with Crippen LogP contribution in [0.25, 0.3) is 11.4 Å². The van der Waals surface area contributed by atoms with Gasteiger partial charge in [-0.2, -0.15) is 4.98 Å². The molecule has 0 saturated carbocycles. The number of hydrogen-bond donors (Lipinski definition) is 1. The van der Waals surface area contributed by atoms with Crippen molar-refractivity contribution in [3.05, 3.63) is 33.6 Å². The number of benzene rings is 1. The summed E-state index contributed by atoms with van der Waals surface area (Å²) in [6, 6.07) is 5.92. The SMILES string of the molecule is CNC(Cc1nc(-c2ccc(Cl)c(Br)c2)no1)CC(C)C. The van der Waals surface area contributed by atoms with Crippen LogP contribution in [-0.2, 0) is 6.42 Å². The van der Waals surface area contributed by atoms with Crippen LogP contribution in [0.3, 0.4) is 0 Å². The van der Waals surface area contributed by atoms with Crippen molar-refractivity contribution < 1.29 is 4.52 Å². The Hall–Kier alpha value is -0.910. The molecule has 0 aliphatic heterocycles. The van der Waals surface area contributed by atoms with Crippen molar-refractivity contribution in [2.45, 2.75) is 32.7 Å². The van der Waals surface area contributed by atoms with Gasteiger partial charge in [-0.1, -0.05) is 30.6 Å². The van der Waals surface area contributed by atoms with Gasteiger partial charge in [0, 0.05) is 22.5 Å². The molecule has 0 saturated heterocycles. The molecular weight excluding hydrogens is 354 g/mol. The number of rotatable bonds is 6. The monoisotopic (exact) mass is 371 g/mol. The lowest BCUT2D eigenvalue weighted by Crippen LogP contribution is -2.29. The summed E-state index contributed by atoms with van der Waals surface area (Å²) in [6.45, 7) is 4.41. The number of nitrogens with zero attached hydrogens (tertiary/aromatic N) is 2. The summed E-state index contributed by atoms with van der Waals surface area (Å²) in [4.78, 5) is 4.46. The van der Waals surface area contributed by atoms with Crippen LogP contribution in [0.5, 0.6) is 0 Å². The minimum absolute atomic E-state index is 0.343. The fourth-order valence-corrected chi connectivity index (χ4v) is 2.67. The molecule has 114 valence electrons. The highest BCUT2D eigenvalue weighted by molar-refractivity contribution is 9.10. The Morgan fingerprint density at radius 3 is 2.76 bits per heavy atom. The van der Waals surface area contributed by atoms with Gasteiger partial charge in [-0.3, -0.25) is 0 Å². The molecule has 2 aromatic rings. The molecule has 0 aliphatic rings. The predicted molar refractivity (Wildman–Crippen MR) is 88.5 cm³/mol. The first-order valence-corrected chi connectivity index (χ1v) is 8.12. The second kappa shape index (κ2) is 7.38. The number of hydrogen-bond acceptors (Lipinski definition) is 4. The maximum atomic E-state index is 5.99. The molecule has 0 bridgehead atoms. The van der Waals surface area contributed by atoms with Gasteiger partial charge in [-0.05, 0) is 53.5 Å². The number of aromatic nitrogens is 2. The van der Waals surface area contributed by atoms with Crippen LogP contribution in [0.1, 0.15) is 26.2 Å². The lowest BCUT2D eigenvalue weighted by atomic mass is 10.0. The van der Waals surface area contributed by atoms with Crippen molar-refractivity contribution in [3.8, 4) is 11.4 Å². The largest absolute Gasteiger partial charge is 0.339 e. The second-order valence-corrected chi connectivity index (χ2v) is 6.72. The van der Waals surface area contributed by atoms with Crippen molar-refractivity contribution in [2.24, 2.45) is 5.92 Å². The molecule has 1 heterocycles. The molecule has 0 aliphatic carbocycles. The molecule has 4 nitrogen and oxygen atoms in total. The number of halogens is 2. The molecular formula is C15H19BrClN3O. The first-order chi connectivity index (χ1) is 9.99. The molecule has 1 N–H and O–H groups in total. The van der Waals surface area contributed by atoms with Crippen LogP contribution in [0.15, 0.2) is 27.2 Å². The first-order valence-electron chi connectivity index (χ1n) is 6.95. The minimum Gasteiger partial charge on any atom is -0.339 e. The van der Waals surface area contributed by atoms with Gasteiger partial charge in [0.05, 0.1) is 5.02 Å². The number of nitrogens with one attached hydrogen (secondary N) is 1. The molecule has 1 aromatic heterocycles. The normalized spacial score (nSPS) is 12.9. The van der Waals surface area contributed by atoms with Crippen molar-refractivity contribution in [1.82, 2.24) is 15.5 Å². The van der Waals surface area contributed by atoms with Crippen molar-refractivity contribution in [1.29, 1.82) is 0 Å². The molecule has 0 fully saturated rings. The third-order valence-electron chi connectivity index (χ3n) is 3.23. The summed E-state index contributed by atoms with van der Waals surface area (Å²) in [7, 11) is 1.96. The first kappa shape index (κ1) is 16.5. The fourth-order valence-electron chi connectivity index (χ4n) is 2.17. The quantitative estimate of drug-likeness (QED) is 0.820. The summed E-state index contributed by atoms with van der Waals surface area (Å²) in [5, 5.41) is 8.00. The van der Waals surface area contributed by atoms with Gasteiger partial charge >= 0.3 is 0 Å². The molecule has 0 spiro atoms. The van der Waals surface area contributed by atoms with Gasteiger partial charge in [-0.25, -0.2) is 0 Å². The molecule has 1 atom stereocenters. The maximum Gasteiger partial charge on any atom is 0.228 e. The van der Waals surface area contributed by atoms with E-state index in [1.165, 1.54) is 0 Å². The van der Waals surface area contributed by atoms with E-state index in [1.54, 1.807) is 0 Å². The van der Waals surface area contributed by atoms with Gasteiger partial charge in [0.15, 0.2) is 0 Å². The Morgan fingerprint density at radius 1 is 1.38 bits per heavy atom. The zero-order chi connectivity index (χ0) is 15.4. The molecule has 0 radical (unpaired) electrons. The van der Waals surface area contributed by atoms with Crippen LogP contribution in [-0.4, -0.2) is 23.2 Å². The van der Waals surface area contributed by atoms with E-state index in [1.807, 2.05) is 25.2 Å². The summed E-state index contributed by atoms with van der Waals surface area (Å²) in [6.07, 6.45) is 1.80. The van der Waals surface area contributed by atoms with Gasteiger partial charge in [0.2, 0.25) is 11.7 Å². The van der Waals surface area contributed by atoms with E-state index in [-0.39, 0.29) is 0 Å². The molecule has 1 aromatic carbocycles. The van der Waals surface area contributed by atoms with Gasteiger partial charge in [0.1, 0.15) is 0 Å². The summed E-state index contributed by atoms with van der Waals surface area (Å²) in [5.74, 6) is 1.86. The minimum atomic E-state index is 0.343. The standard InChI is InChI=1S/C15H19BrClN3O/c1-9(2)6-11(18-3)8-14-19-15(20-21-14)10-4-5-13(17)12(16)7-10/h4-5,7,9,11,18H,6,8H2,1-3H3. The second-order valence-electron chi connectivity index (χ2n) is 5.46. The van der Waals surface area contributed by atoms with Crippen LogP contribution < -0.4 is 5.32 Å². The zero-order valence-corrected chi connectivity index (χ0v) is 14.7. The van der Waals surface area contributed by atoms with Crippen molar-refractivity contribution in [3.63, 3.8) is 0 Å². The topological polar surface area (TPSA) is 51.0 Å². The average molecular weight is 373 g/mol. The lowest BCUT2D eigenvalue weighted by molar-refractivity contribution is 0.345. The van der Waals surface area contributed by atoms with Crippen molar-refractivity contribution >= 4 is 27.5 Å². The highest BCUT2D eigenvalue weighted by Gasteiger charge is 2.15. The Kier molecular flexibility index (Phi) is 5.79. The summed E-state index contributed by atoms with van der Waals surface area (Å²) >= 11 is 9.39. The maximum absolute atomic E-state index is 5.99. The Morgan fingerprint density at radius 2 is 2.14 bits per heavy atom. The van der Waals surface area contributed by atoms with Gasteiger partial charge in [0.25, 0.3) is 0 Å². The van der Waals surface area contributed by atoms with E-state index in [2.05, 4.69) is 45.2 Å². The molecule has 2 rings (SSSR count). The third-order valence-corrected chi connectivity index (χ3v) is 4.45. The number of likely N-dealkylation sites (N-methyl/N-ethyl adjacent to an activating group) is 1. The molecule has 21 heavy (non-hydrogen) atoms. The predicted octanol–water partition coefficient (Wildman–Crippen LogP) is 4.33. The molecule has 6 heteroatoms. The van der Waals surface area contributed by atoms with Gasteiger partial charge in [-0.15, -0.1) is 0 Å². The van der Waals surface area contributed by atoms with E-state index in [4.69, 9.17) is 16.1 Å². The molecule has 1 unspecified atom stereocenters. The Balaban J connectivity index is 2.11. The third kappa shape index (κ3) is 4.53. The van der Waals surface area contributed by atoms with E-state index in [0.717, 1.165) is 22.9 Å². The van der Waals surface area contributed by atoms with Crippen LogP contribution in [0.2, 0.25) is 5.02 Å². The van der Waals surface area contributed by atoms with E-state index in [9.17, 15) is 0 Å². The van der Waals surface area contributed by atoms with E-state index in [0.29, 0.717) is 28.7 Å². The van der Waals surface area contributed by atoms with Gasteiger partial charge < -0.3 is 9.84 Å². The van der Waals surface area contributed by atoms with Crippen molar-refractivity contribution in [2.75, 3.05) is 7.05 Å². The highest BCUT2D eigenvalue weighted by Crippen LogP contribution is 2.27. The fraction of sp³-hybridized carbons (Fsp3) is 0.467. The summed E-state index contributed by atoms with van der Waals surface area (Å²) < 4.78 is 6.17. The lowest BCUT2D eigenvalue weighted by Gasteiger charge is -2.15. The highest BCUT2D eigenvalue weighted by atomic mass is 79.9. The van der Waals surface area contributed by atoms with E-state index >= 15 is 0 Å². The van der Waals surface area contributed by atoms with Crippen LogP contribution in [0.4, 0.5) is 0 Å². The Labute approximate surface area is 138 Å². The van der Waals surface area contributed by atoms with E-state index < -0.39 is 0 Å². The summed E-state index contributed by atoms with van der Waals surface area (Å²) in [5.41, 5.74) is 0.881. The molecule has 0 amide bonds. The van der Waals surface area contributed by atoms with Crippen LogP contribution in [0, 0.1) is 5.92 Å². The smallest absolute Gasteiger partial charge is 0.228 e. The van der Waals surface area contributed by atoms with Crippen LogP contribution >= 0.6 is 27.5 Å². The average Bonchev–Trinajstić information content (AvgIpc) is 2.89. The zero-order valence-electron chi connectivity index (χ0n) is 12.4.